The van der Waals surface area contributed by atoms with Crippen molar-refractivity contribution in [1.29, 1.82) is 0 Å². The minimum Gasteiger partial charge on any atom is -0.493 e. The molecule has 1 saturated heterocycles. The van der Waals surface area contributed by atoms with E-state index in [1.165, 1.54) is 19.1 Å². The standard InChI is InChI=1S/C26H33ClN4O6/c1-16(2)37-20-12-11-19(13-21(20)35-5)28-23-29-24(33)31(15-26(3,4)22(32)36-6)25(34)30(23)14-17-7-9-18(27)10-8-17/h7-13,16,23,28H,14-15H2,1-6H3,(H,29,33). The van der Waals surface area contributed by atoms with Crippen molar-refractivity contribution in [3.8, 4) is 11.5 Å². The van der Waals surface area contributed by atoms with Crippen molar-refractivity contribution >= 4 is 35.3 Å². The quantitative estimate of drug-likeness (QED) is 0.428. The molecule has 0 spiro atoms. The third-order valence-electron chi connectivity index (χ3n) is 5.68. The van der Waals surface area contributed by atoms with Crippen molar-refractivity contribution in [2.45, 2.75) is 46.6 Å². The third kappa shape index (κ3) is 6.76. The number of hydrogen-bond donors (Lipinski definition) is 2. The zero-order valence-electron chi connectivity index (χ0n) is 21.8. The molecule has 37 heavy (non-hydrogen) atoms. The lowest BCUT2D eigenvalue weighted by Crippen LogP contribution is -2.68. The van der Waals surface area contributed by atoms with Gasteiger partial charge in [-0.1, -0.05) is 23.7 Å². The van der Waals surface area contributed by atoms with E-state index in [-0.39, 0.29) is 19.2 Å². The molecule has 1 aliphatic heterocycles. The second-order valence-electron chi connectivity index (χ2n) is 9.53. The molecule has 10 nitrogen and oxygen atoms in total. The number of nitrogens with zero attached hydrogens (tertiary/aromatic N) is 2. The number of imide groups is 1. The van der Waals surface area contributed by atoms with E-state index < -0.39 is 29.7 Å². The van der Waals surface area contributed by atoms with Gasteiger partial charge in [-0.25, -0.2) is 14.5 Å². The summed E-state index contributed by atoms with van der Waals surface area (Å²) in [4.78, 5) is 41.4. The largest absolute Gasteiger partial charge is 0.493 e. The van der Waals surface area contributed by atoms with Crippen LogP contribution in [0.2, 0.25) is 5.02 Å². The molecule has 1 fully saturated rings. The highest BCUT2D eigenvalue weighted by Crippen LogP contribution is 2.32. The summed E-state index contributed by atoms with van der Waals surface area (Å²) in [7, 11) is 2.80. The summed E-state index contributed by atoms with van der Waals surface area (Å²) < 4.78 is 16.1. The van der Waals surface area contributed by atoms with Crippen LogP contribution in [0.3, 0.4) is 0 Å². The lowest BCUT2D eigenvalue weighted by molar-refractivity contribution is -0.151. The monoisotopic (exact) mass is 532 g/mol. The summed E-state index contributed by atoms with van der Waals surface area (Å²) in [6.45, 7) is 7.05. The minimum absolute atomic E-state index is 0.0435. The lowest BCUT2D eigenvalue weighted by atomic mass is 9.93. The van der Waals surface area contributed by atoms with Crippen molar-refractivity contribution in [3.63, 3.8) is 0 Å². The van der Waals surface area contributed by atoms with Crippen molar-refractivity contribution in [1.82, 2.24) is 15.1 Å². The maximum absolute atomic E-state index is 13.6. The Balaban J connectivity index is 1.91. The fourth-order valence-electron chi connectivity index (χ4n) is 3.83. The van der Waals surface area contributed by atoms with Gasteiger partial charge in [0.2, 0.25) is 0 Å². The predicted molar refractivity (Wildman–Crippen MR) is 140 cm³/mol. The molecule has 0 aliphatic carbocycles. The first-order chi connectivity index (χ1) is 17.4. The summed E-state index contributed by atoms with van der Waals surface area (Å²) in [6.07, 6.45) is -0.937. The van der Waals surface area contributed by atoms with Gasteiger partial charge in [-0.2, -0.15) is 0 Å². The second kappa shape index (κ2) is 11.6. The molecule has 0 saturated carbocycles. The number of benzene rings is 2. The Morgan fingerprint density at radius 1 is 1.11 bits per heavy atom. The molecular weight excluding hydrogens is 500 g/mol. The van der Waals surface area contributed by atoms with E-state index in [4.69, 9.17) is 25.8 Å². The molecule has 2 aromatic rings. The number of carbonyl (C=O) groups is 3. The first kappa shape index (κ1) is 27.9. The topological polar surface area (TPSA) is 109 Å². The third-order valence-corrected chi connectivity index (χ3v) is 5.93. The first-order valence-electron chi connectivity index (χ1n) is 11.8. The van der Waals surface area contributed by atoms with Crippen LogP contribution in [0.5, 0.6) is 11.5 Å². The SMILES string of the molecule is COC(=O)C(C)(C)CN1C(=O)NC(Nc2ccc(OC(C)C)c(OC)c2)N(Cc2ccc(Cl)cc2)C1=O. The highest BCUT2D eigenvalue weighted by Gasteiger charge is 2.43. The summed E-state index contributed by atoms with van der Waals surface area (Å²) >= 11 is 6.03. The Morgan fingerprint density at radius 3 is 2.38 bits per heavy atom. The number of methoxy groups -OCH3 is 2. The molecule has 0 bridgehead atoms. The van der Waals surface area contributed by atoms with Gasteiger partial charge in [-0.3, -0.25) is 15.0 Å². The Labute approximate surface area is 221 Å². The summed E-state index contributed by atoms with van der Waals surface area (Å²) in [5, 5.41) is 6.57. The Bertz CT molecular complexity index is 1140. The van der Waals surface area contributed by atoms with Gasteiger partial charge in [-0.05, 0) is 57.5 Å². The van der Waals surface area contributed by atoms with Crippen molar-refractivity contribution in [2.24, 2.45) is 5.41 Å². The van der Waals surface area contributed by atoms with E-state index in [2.05, 4.69) is 10.6 Å². The number of halogens is 1. The lowest BCUT2D eigenvalue weighted by Gasteiger charge is -2.43. The number of carbonyl (C=O) groups excluding carboxylic acids is 3. The van der Waals surface area contributed by atoms with E-state index in [1.54, 1.807) is 56.3 Å². The van der Waals surface area contributed by atoms with E-state index in [9.17, 15) is 14.4 Å². The van der Waals surface area contributed by atoms with Crippen LogP contribution < -0.4 is 20.1 Å². The highest BCUT2D eigenvalue weighted by atomic mass is 35.5. The molecule has 1 aliphatic rings. The first-order valence-corrected chi connectivity index (χ1v) is 12.2. The van der Waals surface area contributed by atoms with Gasteiger partial charge < -0.3 is 19.5 Å². The number of nitrogens with one attached hydrogen (secondary N) is 2. The normalized spacial score (nSPS) is 15.9. The van der Waals surface area contributed by atoms with Crippen LogP contribution in [0.15, 0.2) is 42.5 Å². The second-order valence-corrected chi connectivity index (χ2v) is 9.96. The van der Waals surface area contributed by atoms with E-state index >= 15 is 0 Å². The molecule has 1 atom stereocenters. The summed E-state index contributed by atoms with van der Waals surface area (Å²) in [5.41, 5.74) is 0.287. The number of hydrogen-bond acceptors (Lipinski definition) is 7. The molecular formula is C26H33ClN4O6. The van der Waals surface area contributed by atoms with Crippen molar-refractivity contribution in [2.75, 3.05) is 26.1 Å². The molecule has 11 heteroatoms. The maximum Gasteiger partial charge on any atom is 0.331 e. The van der Waals surface area contributed by atoms with Gasteiger partial charge in [0.25, 0.3) is 0 Å². The number of ether oxygens (including phenoxy) is 3. The molecule has 2 aromatic carbocycles. The van der Waals surface area contributed by atoms with Gasteiger partial charge >= 0.3 is 18.0 Å². The van der Waals surface area contributed by atoms with E-state index in [0.717, 1.165) is 10.5 Å². The minimum atomic E-state index is -1.10. The Morgan fingerprint density at radius 2 is 1.78 bits per heavy atom. The molecule has 2 N–H and O–H groups in total. The van der Waals surface area contributed by atoms with Crippen LogP contribution in [-0.4, -0.2) is 61.0 Å². The zero-order valence-corrected chi connectivity index (χ0v) is 22.6. The van der Waals surface area contributed by atoms with E-state index in [1.807, 2.05) is 13.8 Å². The van der Waals surface area contributed by atoms with Crippen LogP contribution in [0.25, 0.3) is 0 Å². The number of esters is 1. The van der Waals surface area contributed by atoms with Crippen LogP contribution in [0.1, 0.15) is 33.3 Å². The average Bonchev–Trinajstić information content (AvgIpc) is 2.85. The summed E-state index contributed by atoms with van der Waals surface area (Å²) in [6, 6.07) is 11.1. The number of urea groups is 2. The Hall–Kier alpha value is -3.66. The molecule has 0 radical (unpaired) electrons. The van der Waals surface area contributed by atoms with Gasteiger partial charge in [-0.15, -0.1) is 0 Å². The number of rotatable bonds is 10. The molecule has 200 valence electrons. The Kier molecular flexibility index (Phi) is 8.75. The van der Waals surface area contributed by atoms with Gasteiger partial charge in [0.15, 0.2) is 17.8 Å². The highest BCUT2D eigenvalue weighted by molar-refractivity contribution is 6.30. The maximum atomic E-state index is 13.6. The van der Waals surface area contributed by atoms with Crippen LogP contribution in [0.4, 0.5) is 15.3 Å². The molecule has 0 aromatic heterocycles. The van der Waals surface area contributed by atoms with Crippen molar-refractivity contribution in [3.05, 3.63) is 53.1 Å². The number of anilines is 1. The van der Waals surface area contributed by atoms with Crippen LogP contribution >= 0.6 is 11.6 Å². The van der Waals surface area contributed by atoms with Crippen molar-refractivity contribution < 1.29 is 28.6 Å². The average molecular weight is 533 g/mol. The predicted octanol–water partition coefficient (Wildman–Crippen LogP) is 4.68. The fraction of sp³-hybridized carbons (Fsp3) is 0.423. The molecule has 1 heterocycles. The van der Waals surface area contributed by atoms with Gasteiger partial charge in [0.05, 0.1) is 32.3 Å². The molecule has 1 unspecified atom stereocenters. The van der Waals surface area contributed by atoms with Crippen LogP contribution in [0, 0.1) is 5.41 Å². The number of amides is 4. The molecule has 3 rings (SSSR count). The van der Waals surface area contributed by atoms with Gasteiger partial charge in [0, 0.05) is 23.3 Å². The summed E-state index contributed by atoms with van der Waals surface area (Å²) in [5.74, 6) is 0.535. The van der Waals surface area contributed by atoms with Crippen LogP contribution in [-0.2, 0) is 16.1 Å². The smallest absolute Gasteiger partial charge is 0.331 e. The zero-order chi connectivity index (χ0) is 27.3. The fourth-order valence-corrected chi connectivity index (χ4v) is 3.95. The molecule has 4 amide bonds. The van der Waals surface area contributed by atoms with E-state index in [0.29, 0.717) is 22.2 Å². The van der Waals surface area contributed by atoms with Gasteiger partial charge in [0.1, 0.15) is 0 Å².